The molecule has 5 aromatic rings. The summed E-state index contributed by atoms with van der Waals surface area (Å²) in [6.45, 7) is 3.93. The highest BCUT2D eigenvalue weighted by molar-refractivity contribution is 7.54. The highest BCUT2D eigenvalue weighted by atomic mass is 31.2. The Bertz CT molecular complexity index is 1490. The monoisotopic (exact) mass is 471 g/mol. The molecule has 0 saturated heterocycles. The Balaban J connectivity index is 1.63. The van der Waals surface area contributed by atoms with Gasteiger partial charge >= 0.3 is 7.60 Å². The van der Waals surface area contributed by atoms with Crippen molar-refractivity contribution >= 4 is 45.8 Å². The standard InChI is InChI=1S/C28H26NO4P/c1-3-32-34(31,33-4-2)28(22-9-6-5-7-10-22)29-27(30)24-18-16-21-14-13-19-11-8-12-20-15-17-23(24)26(21)25(19)20/h5-18,28H,3-4H2,1-2H3,(H,29,30)/t28-/m0/s1. The number of hydrogen-bond donors (Lipinski definition) is 1. The molecule has 34 heavy (non-hydrogen) atoms. The highest BCUT2D eigenvalue weighted by Crippen LogP contribution is 2.59. The lowest BCUT2D eigenvalue weighted by Gasteiger charge is -2.27. The number of carbonyl (C=O) groups is 1. The number of carbonyl (C=O) groups excluding carboxylic acids is 1. The number of benzene rings is 5. The molecule has 1 N–H and O–H groups in total. The lowest BCUT2D eigenvalue weighted by Crippen LogP contribution is -2.30. The van der Waals surface area contributed by atoms with Crippen LogP contribution in [-0.4, -0.2) is 19.1 Å². The molecule has 0 unspecified atom stereocenters. The molecule has 5 aromatic carbocycles. The molecule has 0 heterocycles. The molecule has 5 rings (SSSR count). The fourth-order valence-corrected chi connectivity index (χ4v) is 6.57. The molecule has 172 valence electrons. The second-order valence-electron chi connectivity index (χ2n) is 8.13. The SMILES string of the molecule is CCOP(=O)(OCC)[C@H](NC(=O)c1ccc2ccc3cccc4ccc1c2c34)c1ccccc1. The van der Waals surface area contributed by atoms with Crippen LogP contribution in [0.25, 0.3) is 32.3 Å². The van der Waals surface area contributed by atoms with Gasteiger partial charge in [0.15, 0.2) is 5.78 Å². The zero-order valence-corrected chi connectivity index (χ0v) is 20.0. The lowest BCUT2D eigenvalue weighted by molar-refractivity contribution is 0.0939. The van der Waals surface area contributed by atoms with Gasteiger partial charge in [-0.2, -0.15) is 0 Å². The van der Waals surface area contributed by atoms with Gasteiger partial charge < -0.3 is 14.4 Å². The Morgan fingerprint density at radius 1 is 0.765 bits per heavy atom. The van der Waals surface area contributed by atoms with Crippen LogP contribution in [0.4, 0.5) is 0 Å². The van der Waals surface area contributed by atoms with Gasteiger partial charge in [-0.05, 0) is 57.8 Å². The van der Waals surface area contributed by atoms with Crippen molar-refractivity contribution in [3.8, 4) is 0 Å². The van der Waals surface area contributed by atoms with Crippen LogP contribution < -0.4 is 5.32 Å². The molecule has 5 nitrogen and oxygen atoms in total. The van der Waals surface area contributed by atoms with Gasteiger partial charge in [-0.25, -0.2) is 0 Å². The topological polar surface area (TPSA) is 64.6 Å². The summed E-state index contributed by atoms with van der Waals surface area (Å²) in [4.78, 5) is 13.7. The second kappa shape index (κ2) is 9.19. The van der Waals surface area contributed by atoms with Gasteiger partial charge in [0, 0.05) is 5.56 Å². The quantitative estimate of drug-likeness (QED) is 0.191. The summed E-state index contributed by atoms with van der Waals surface area (Å²) < 4.78 is 25.0. The maximum absolute atomic E-state index is 13.8. The van der Waals surface area contributed by atoms with Crippen LogP contribution in [0.2, 0.25) is 0 Å². The Kier molecular flexibility index (Phi) is 6.09. The van der Waals surface area contributed by atoms with Crippen molar-refractivity contribution in [2.75, 3.05) is 13.2 Å². The second-order valence-corrected chi connectivity index (χ2v) is 10.2. The van der Waals surface area contributed by atoms with E-state index in [-0.39, 0.29) is 19.1 Å². The van der Waals surface area contributed by atoms with Crippen molar-refractivity contribution in [3.05, 3.63) is 96.1 Å². The first-order valence-electron chi connectivity index (χ1n) is 11.5. The number of rotatable bonds is 8. The van der Waals surface area contributed by atoms with Crippen molar-refractivity contribution in [2.24, 2.45) is 0 Å². The van der Waals surface area contributed by atoms with E-state index in [2.05, 4.69) is 29.6 Å². The first-order valence-corrected chi connectivity index (χ1v) is 13.1. The third-order valence-corrected chi connectivity index (χ3v) is 8.39. The Morgan fingerprint density at radius 3 is 2.00 bits per heavy atom. The molecular formula is C28H26NO4P. The van der Waals surface area contributed by atoms with Crippen LogP contribution in [-0.2, 0) is 13.6 Å². The molecule has 0 fully saturated rings. The van der Waals surface area contributed by atoms with Crippen molar-refractivity contribution < 1.29 is 18.4 Å². The minimum Gasteiger partial charge on any atom is -0.334 e. The molecule has 0 aliphatic rings. The van der Waals surface area contributed by atoms with E-state index in [9.17, 15) is 9.36 Å². The third-order valence-electron chi connectivity index (χ3n) is 6.09. The predicted molar refractivity (Wildman–Crippen MR) is 138 cm³/mol. The summed E-state index contributed by atoms with van der Waals surface area (Å²) in [5, 5.41) is 9.37. The summed E-state index contributed by atoms with van der Waals surface area (Å²) in [6, 6.07) is 27.4. The zero-order valence-electron chi connectivity index (χ0n) is 19.2. The van der Waals surface area contributed by atoms with Gasteiger partial charge in [-0.3, -0.25) is 9.36 Å². The van der Waals surface area contributed by atoms with Gasteiger partial charge in [0.25, 0.3) is 5.91 Å². The molecule has 6 heteroatoms. The lowest BCUT2D eigenvalue weighted by atomic mass is 9.92. The molecule has 0 saturated carbocycles. The summed E-state index contributed by atoms with van der Waals surface area (Å²) in [6.07, 6.45) is 0. The van der Waals surface area contributed by atoms with Crippen molar-refractivity contribution in [1.82, 2.24) is 5.32 Å². The van der Waals surface area contributed by atoms with Crippen LogP contribution in [0.15, 0.2) is 84.9 Å². The van der Waals surface area contributed by atoms with Gasteiger partial charge in [0.1, 0.15) is 0 Å². The average Bonchev–Trinajstić information content (AvgIpc) is 2.86. The molecular weight excluding hydrogens is 445 g/mol. The van der Waals surface area contributed by atoms with Gasteiger partial charge in [0.2, 0.25) is 0 Å². The fourth-order valence-electron chi connectivity index (χ4n) is 4.66. The van der Waals surface area contributed by atoms with Crippen LogP contribution in [0, 0.1) is 0 Å². The number of hydrogen-bond acceptors (Lipinski definition) is 4. The average molecular weight is 471 g/mol. The minimum absolute atomic E-state index is 0.204. The van der Waals surface area contributed by atoms with E-state index in [0.29, 0.717) is 11.1 Å². The molecule has 1 atom stereocenters. The molecule has 0 spiro atoms. The third kappa shape index (κ3) is 3.86. The van der Waals surface area contributed by atoms with E-state index in [4.69, 9.17) is 9.05 Å². The van der Waals surface area contributed by atoms with E-state index in [1.807, 2.05) is 60.7 Å². The Hall–Kier alpha value is -3.24. The summed E-state index contributed by atoms with van der Waals surface area (Å²) in [7, 11) is -3.67. The van der Waals surface area contributed by atoms with Gasteiger partial charge in [-0.1, -0.05) is 78.9 Å². The minimum atomic E-state index is -3.67. The Labute approximate surface area is 198 Å². The smallest absolute Gasteiger partial charge is 0.334 e. The summed E-state index contributed by atoms with van der Waals surface area (Å²) in [5.41, 5.74) is 1.19. The molecule has 0 bridgehead atoms. The van der Waals surface area contributed by atoms with Crippen molar-refractivity contribution in [2.45, 2.75) is 19.6 Å². The molecule has 0 aliphatic heterocycles. The molecule has 1 amide bonds. The van der Waals surface area contributed by atoms with E-state index < -0.39 is 13.4 Å². The van der Waals surface area contributed by atoms with Gasteiger partial charge in [0.05, 0.1) is 13.2 Å². The van der Waals surface area contributed by atoms with E-state index in [0.717, 1.165) is 32.3 Å². The first-order chi connectivity index (χ1) is 16.6. The summed E-state index contributed by atoms with van der Waals surface area (Å²) in [5.74, 6) is -1.26. The Morgan fingerprint density at radius 2 is 1.35 bits per heavy atom. The maximum atomic E-state index is 13.8. The van der Waals surface area contributed by atoms with E-state index >= 15 is 0 Å². The maximum Gasteiger partial charge on any atom is 0.357 e. The van der Waals surface area contributed by atoms with Crippen molar-refractivity contribution in [3.63, 3.8) is 0 Å². The van der Waals surface area contributed by atoms with E-state index in [1.54, 1.807) is 13.8 Å². The number of nitrogens with one attached hydrogen (secondary N) is 1. The molecule has 0 radical (unpaired) electrons. The predicted octanol–water partition coefficient (Wildman–Crippen LogP) is 7.28. The van der Waals surface area contributed by atoms with Crippen molar-refractivity contribution in [1.29, 1.82) is 0 Å². The highest BCUT2D eigenvalue weighted by Gasteiger charge is 2.38. The van der Waals surface area contributed by atoms with Crippen LogP contribution in [0.1, 0.15) is 35.6 Å². The molecule has 0 aliphatic carbocycles. The summed E-state index contributed by atoms with van der Waals surface area (Å²) >= 11 is 0. The van der Waals surface area contributed by atoms with Gasteiger partial charge in [-0.15, -0.1) is 0 Å². The zero-order chi connectivity index (χ0) is 23.7. The molecule has 0 aromatic heterocycles. The van der Waals surface area contributed by atoms with Crippen LogP contribution in [0.5, 0.6) is 0 Å². The number of amides is 1. The first kappa shape index (κ1) is 22.5. The normalized spacial score (nSPS) is 13.0. The van der Waals surface area contributed by atoms with E-state index in [1.165, 1.54) is 0 Å². The largest absolute Gasteiger partial charge is 0.357 e. The fraction of sp³-hybridized carbons (Fsp3) is 0.179. The van der Waals surface area contributed by atoms with Crippen LogP contribution in [0.3, 0.4) is 0 Å². The van der Waals surface area contributed by atoms with Crippen LogP contribution >= 0.6 is 7.60 Å².